The fraction of sp³-hybridized carbons (Fsp3) is 0.269. The van der Waals surface area contributed by atoms with E-state index in [1.807, 2.05) is 13.8 Å². The second-order valence-corrected chi connectivity index (χ2v) is 39.4. The predicted molar refractivity (Wildman–Crippen MR) is 251 cm³/mol. The summed E-state index contributed by atoms with van der Waals surface area (Å²) in [6.07, 6.45) is 0. The molecule has 300 valence electrons. The van der Waals surface area contributed by atoms with Crippen LogP contribution < -0.4 is 0 Å². The molecule has 0 unspecified atom stereocenters. The van der Waals surface area contributed by atoms with E-state index >= 15 is 0 Å². The Hall–Kier alpha value is -3.66. The molecule has 6 heteroatoms. The molecule has 0 aliphatic rings. The minimum atomic E-state index is -1.65. The van der Waals surface area contributed by atoms with Crippen molar-refractivity contribution < 1.29 is 26.8 Å². The molecule has 0 bridgehead atoms. The molecule has 0 saturated carbocycles. The zero-order chi connectivity index (χ0) is 42.3. The van der Waals surface area contributed by atoms with Crippen LogP contribution in [-0.2, 0) is 18.0 Å². The van der Waals surface area contributed by atoms with Crippen molar-refractivity contribution in [1.29, 1.82) is 0 Å². The van der Waals surface area contributed by atoms with Gasteiger partial charge in [0.1, 0.15) is 0 Å². The summed E-state index contributed by atoms with van der Waals surface area (Å²) in [5, 5.41) is 5.13. The Kier molecular flexibility index (Phi) is 13.6. The Morgan fingerprint density at radius 3 is 1.05 bits per heavy atom. The Balaban J connectivity index is 0.000000172. The first-order valence-electron chi connectivity index (χ1n) is 20.0. The number of benzene rings is 4. The van der Waals surface area contributed by atoms with Gasteiger partial charge in [-0.3, -0.25) is 0 Å². The van der Waals surface area contributed by atoms with Crippen LogP contribution in [-0.4, -0.2) is 5.43 Å². The predicted octanol–water partition coefficient (Wildman–Crippen LogP) is 16.8. The summed E-state index contributed by atoms with van der Waals surface area (Å²) in [7, 11) is 11.2. The first-order valence-corrected chi connectivity index (χ1v) is 32.6. The fourth-order valence-electron chi connectivity index (χ4n) is 7.62. The van der Waals surface area contributed by atoms with E-state index in [1.165, 1.54) is 99.4 Å². The van der Waals surface area contributed by atoms with Crippen LogP contribution >= 0.6 is 17.0 Å². The van der Waals surface area contributed by atoms with Crippen molar-refractivity contribution in [2.45, 2.75) is 96.2 Å². The molecule has 0 fully saturated rings. The van der Waals surface area contributed by atoms with Gasteiger partial charge in [-0.1, -0.05) is 58.7 Å². The fourth-order valence-corrected chi connectivity index (χ4v) is 7.62. The second-order valence-electron chi connectivity index (χ2n) is 16.4. The van der Waals surface area contributed by atoms with Gasteiger partial charge < -0.3 is 8.83 Å². The van der Waals surface area contributed by atoms with Crippen molar-refractivity contribution >= 4 is 44.0 Å². The van der Waals surface area contributed by atoms with Gasteiger partial charge in [-0.05, 0) is 162 Å². The molecular formula is C52H56Cl2O2SiZr-2. The Labute approximate surface area is 361 Å². The van der Waals surface area contributed by atoms with Crippen LogP contribution in [0.15, 0.2) is 93.8 Å². The van der Waals surface area contributed by atoms with Crippen LogP contribution in [0.25, 0.3) is 66.4 Å². The van der Waals surface area contributed by atoms with Crippen molar-refractivity contribution in [2.24, 2.45) is 0 Å². The van der Waals surface area contributed by atoms with Crippen LogP contribution in [0, 0.1) is 83.1 Å². The summed E-state index contributed by atoms with van der Waals surface area (Å²) in [5.41, 5.74) is 20.5. The number of hydrogen-bond donors (Lipinski definition) is 0. The maximum absolute atomic E-state index is 5.96. The number of halogens is 2. The van der Waals surface area contributed by atoms with Gasteiger partial charge in [0.25, 0.3) is 0 Å². The third kappa shape index (κ3) is 9.22. The molecule has 0 radical (unpaired) electrons. The normalized spacial score (nSPS) is 11.1. The molecular weight excluding hydrogens is 847 g/mol. The smallest absolute Gasteiger partial charge is 0.0925 e. The van der Waals surface area contributed by atoms with E-state index in [1.54, 1.807) is 0 Å². The number of fused-ring (bicyclic) bond motifs is 2. The van der Waals surface area contributed by atoms with Crippen LogP contribution in [0.4, 0.5) is 0 Å². The zero-order valence-corrected chi connectivity index (χ0v) is 41.6. The molecule has 2 aromatic heterocycles. The number of hydrogen-bond acceptors (Lipinski definition) is 2. The average molecular weight is 903 g/mol. The second kappa shape index (κ2) is 17.9. The molecule has 0 N–H and O–H groups in total. The number of aryl methyl sites for hydroxylation is 10. The van der Waals surface area contributed by atoms with E-state index in [2.05, 4.69) is 167 Å². The van der Waals surface area contributed by atoms with Crippen LogP contribution in [0.1, 0.15) is 67.2 Å². The summed E-state index contributed by atoms with van der Waals surface area (Å²) in [4.78, 5) is 0. The maximum atomic E-state index is 5.96. The largest absolute Gasteiger partial charge is 0.496 e. The van der Waals surface area contributed by atoms with Crippen molar-refractivity contribution in [3.63, 3.8) is 0 Å². The molecule has 0 aliphatic heterocycles. The first-order chi connectivity index (χ1) is 27.3. The molecule has 0 amide bonds. The van der Waals surface area contributed by atoms with Gasteiger partial charge in [-0.2, -0.15) is 0 Å². The summed E-state index contributed by atoms with van der Waals surface area (Å²) < 4.78 is 11.9. The summed E-state index contributed by atoms with van der Waals surface area (Å²) >= 11 is -1.65. The van der Waals surface area contributed by atoms with E-state index in [9.17, 15) is 0 Å². The van der Waals surface area contributed by atoms with Gasteiger partial charge in [0.15, 0.2) is 0 Å². The van der Waals surface area contributed by atoms with Crippen molar-refractivity contribution in [1.82, 2.24) is 0 Å². The Bertz CT molecular complexity index is 2570. The average Bonchev–Trinajstić information content (AvgIpc) is 3.95. The van der Waals surface area contributed by atoms with E-state index in [-0.39, 0.29) is 5.43 Å². The van der Waals surface area contributed by atoms with Crippen molar-refractivity contribution in [2.75, 3.05) is 0 Å². The molecule has 8 rings (SSSR count). The van der Waals surface area contributed by atoms with E-state index in [4.69, 9.17) is 25.9 Å². The van der Waals surface area contributed by atoms with Crippen LogP contribution in [0.5, 0.6) is 0 Å². The minimum absolute atomic E-state index is 0.224. The third-order valence-electron chi connectivity index (χ3n) is 11.9. The number of furan rings is 2. The Morgan fingerprint density at radius 1 is 0.448 bits per heavy atom. The van der Waals surface area contributed by atoms with Crippen molar-refractivity contribution in [3.8, 4) is 44.9 Å². The van der Waals surface area contributed by atoms with E-state index < -0.39 is 18.0 Å². The molecule has 8 aromatic rings. The third-order valence-corrected chi connectivity index (χ3v) is 31.7. The maximum Gasteiger partial charge on any atom is 0.0925 e. The summed E-state index contributed by atoms with van der Waals surface area (Å²) in [6, 6.07) is 31.5. The molecule has 0 saturated heterocycles. The van der Waals surface area contributed by atoms with Crippen molar-refractivity contribution in [3.05, 3.63) is 152 Å². The summed E-state index contributed by atoms with van der Waals surface area (Å²) in [6.45, 7) is 30.2. The molecule has 0 atom stereocenters. The number of rotatable bonds is 4. The van der Waals surface area contributed by atoms with E-state index in [0.717, 1.165) is 34.2 Å². The minimum Gasteiger partial charge on any atom is -0.496 e. The monoisotopic (exact) mass is 900 g/mol. The topological polar surface area (TPSA) is 26.3 Å². The van der Waals surface area contributed by atoms with E-state index in [0.29, 0.717) is 0 Å². The quantitative estimate of drug-likeness (QED) is 0.130. The Morgan fingerprint density at radius 2 is 0.776 bits per heavy atom. The molecule has 0 spiro atoms. The zero-order valence-electron chi connectivity index (χ0n) is 36.7. The summed E-state index contributed by atoms with van der Waals surface area (Å²) in [5.74, 6) is 3.89. The SMILES string of the molecule is C[Si](C)=[Zr]([Cl])[Cl].Cc1cc(-c2cc3c(-c4cc(C)c(C)c(C)c4)c(C)ccc3[cH-]2)oc1C.Cc1cc(-c2cc3c(-c4cc(C)c(C)c(C)c4)c(C)ccc3[cH-]2)oc1C. The molecule has 58 heavy (non-hydrogen) atoms. The molecule has 6 aromatic carbocycles. The van der Waals surface area contributed by atoms with Gasteiger partial charge in [0.2, 0.25) is 0 Å². The van der Waals surface area contributed by atoms with Gasteiger partial charge in [-0.25, -0.2) is 0 Å². The van der Waals surface area contributed by atoms with Crippen LogP contribution in [0.3, 0.4) is 0 Å². The van der Waals surface area contributed by atoms with Gasteiger partial charge in [0.05, 0.1) is 23.0 Å². The van der Waals surface area contributed by atoms with Gasteiger partial charge in [-0.15, -0.1) is 57.9 Å². The molecule has 2 nitrogen and oxygen atoms in total. The van der Waals surface area contributed by atoms with Crippen LogP contribution in [0.2, 0.25) is 13.1 Å². The first kappa shape index (κ1) is 43.9. The van der Waals surface area contributed by atoms with Gasteiger partial charge in [0, 0.05) is 0 Å². The standard InChI is InChI=1S/2C25H25O.C2H6Si.2ClH.Zr/c2*1-14-7-8-20-12-21(24-11-17(4)19(6)26-24)13-23(20)25(14)22-9-15(2)18(5)16(3)10-22;1-3-2;;;/h2*7-13H,1-6H3;1-2H3;2*1H;/q2*-1;;;;+2/p-2. The molecule has 0 aliphatic carbocycles. The van der Waals surface area contributed by atoms with Gasteiger partial charge >= 0.3 is 53.5 Å². The molecule has 2 heterocycles.